The monoisotopic (exact) mass is 309 g/mol. The highest BCUT2D eigenvalue weighted by molar-refractivity contribution is 5.57. The molecule has 9 heteroatoms. The number of nitrogens with one attached hydrogen (secondary N) is 1. The van der Waals surface area contributed by atoms with E-state index < -0.39 is 12.1 Å². The minimum atomic E-state index is -4.65. The molecule has 0 aliphatic heterocycles. The first-order valence-corrected chi connectivity index (χ1v) is 6.21. The molecule has 0 amide bonds. The van der Waals surface area contributed by atoms with Crippen molar-refractivity contribution in [1.29, 1.82) is 0 Å². The Morgan fingerprint density at radius 2 is 1.91 bits per heavy atom. The molecule has 0 spiro atoms. The van der Waals surface area contributed by atoms with Crippen LogP contribution in [0.3, 0.4) is 0 Å². The van der Waals surface area contributed by atoms with Gasteiger partial charge in [0.05, 0.1) is 6.20 Å². The van der Waals surface area contributed by atoms with Crippen molar-refractivity contribution in [3.05, 3.63) is 42.7 Å². The maximum atomic E-state index is 12.4. The first-order valence-electron chi connectivity index (χ1n) is 6.21. The summed E-state index contributed by atoms with van der Waals surface area (Å²) in [7, 11) is 1.75. The highest BCUT2D eigenvalue weighted by atomic mass is 19.4. The molecular formula is C13H10F3N5O. The summed E-state index contributed by atoms with van der Waals surface area (Å²) in [5, 5.41) is 6.24. The van der Waals surface area contributed by atoms with Crippen LogP contribution in [0.2, 0.25) is 0 Å². The summed E-state index contributed by atoms with van der Waals surface area (Å²) in [5.41, 5.74) is 1.23. The highest BCUT2D eigenvalue weighted by Crippen LogP contribution is 2.29. The zero-order valence-corrected chi connectivity index (χ0v) is 11.3. The fourth-order valence-corrected chi connectivity index (χ4v) is 1.83. The molecule has 0 radical (unpaired) electrons. The van der Waals surface area contributed by atoms with Crippen LogP contribution in [0.15, 0.2) is 41.3 Å². The number of hydrogen-bond donors (Lipinski definition) is 1. The molecular weight excluding hydrogens is 299 g/mol. The molecule has 3 aromatic rings. The van der Waals surface area contributed by atoms with Crippen molar-refractivity contribution in [2.75, 3.05) is 12.4 Å². The van der Waals surface area contributed by atoms with Crippen LogP contribution in [0.25, 0.3) is 17.1 Å². The molecule has 0 saturated heterocycles. The summed E-state index contributed by atoms with van der Waals surface area (Å²) in [5.74, 6) is -0.766. The summed E-state index contributed by atoms with van der Waals surface area (Å²) in [6, 6.07) is 6.67. The normalized spacial score (nSPS) is 11.6. The third-order valence-corrected chi connectivity index (χ3v) is 2.93. The van der Waals surface area contributed by atoms with Crippen molar-refractivity contribution < 1.29 is 17.7 Å². The number of benzene rings is 1. The molecule has 0 unspecified atom stereocenters. The second kappa shape index (κ2) is 5.17. The summed E-state index contributed by atoms with van der Waals surface area (Å²) in [4.78, 5) is 7.45. The van der Waals surface area contributed by atoms with Gasteiger partial charge in [-0.1, -0.05) is 5.16 Å². The van der Waals surface area contributed by atoms with Crippen molar-refractivity contribution >= 4 is 5.82 Å². The standard InChI is InChI=1S/C13H10F3N5O/c1-17-10-6-21(7-18-10)9-4-2-8(3-5-9)11-19-12(22-20-11)13(14,15)16/h2-7,17H,1H3. The molecule has 114 valence electrons. The lowest BCUT2D eigenvalue weighted by molar-refractivity contribution is -0.159. The lowest BCUT2D eigenvalue weighted by atomic mass is 10.2. The van der Waals surface area contributed by atoms with Gasteiger partial charge in [0, 0.05) is 18.3 Å². The fourth-order valence-electron chi connectivity index (χ4n) is 1.83. The summed E-state index contributed by atoms with van der Waals surface area (Å²) >= 11 is 0. The third-order valence-electron chi connectivity index (χ3n) is 2.93. The SMILES string of the molecule is CNc1cn(-c2ccc(-c3noc(C(F)(F)F)n3)cc2)cn1. The maximum absolute atomic E-state index is 12.4. The molecule has 0 aliphatic carbocycles. The highest BCUT2D eigenvalue weighted by Gasteiger charge is 2.38. The van der Waals surface area contributed by atoms with E-state index in [0.717, 1.165) is 5.69 Å². The van der Waals surface area contributed by atoms with Crippen molar-refractivity contribution in [1.82, 2.24) is 19.7 Å². The number of aromatic nitrogens is 4. The maximum Gasteiger partial charge on any atom is 0.471 e. The Balaban J connectivity index is 1.86. The Morgan fingerprint density at radius 1 is 1.18 bits per heavy atom. The van der Waals surface area contributed by atoms with Gasteiger partial charge >= 0.3 is 12.1 Å². The largest absolute Gasteiger partial charge is 0.471 e. The van der Waals surface area contributed by atoms with Crippen molar-refractivity contribution in [3.8, 4) is 17.1 Å². The van der Waals surface area contributed by atoms with Crippen LogP contribution in [0.4, 0.5) is 19.0 Å². The molecule has 6 nitrogen and oxygen atoms in total. The first-order chi connectivity index (χ1) is 10.5. The van der Waals surface area contributed by atoms with E-state index in [9.17, 15) is 13.2 Å². The van der Waals surface area contributed by atoms with E-state index in [2.05, 4.69) is 25.0 Å². The van der Waals surface area contributed by atoms with E-state index in [4.69, 9.17) is 0 Å². The third kappa shape index (κ3) is 2.65. The summed E-state index contributed by atoms with van der Waals surface area (Å²) in [6.07, 6.45) is -1.24. The Bertz CT molecular complexity index is 776. The van der Waals surface area contributed by atoms with Crippen LogP contribution in [0.1, 0.15) is 5.89 Å². The molecule has 3 rings (SSSR count). The number of anilines is 1. The van der Waals surface area contributed by atoms with Crippen LogP contribution >= 0.6 is 0 Å². The van der Waals surface area contributed by atoms with Crippen LogP contribution in [0, 0.1) is 0 Å². The lowest BCUT2D eigenvalue weighted by Gasteiger charge is -2.02. The molecule has 2 heterocycles. The number of alkyl halides is 3. The molecule has 1 N–H and O–H groups in total. The van der Waals surface area contributed by atoms with Crippen LogP contribution in [0.5, 0.6) is 0 Å². The van der Waals surface area contributed by atoms with E-state index in [0.29, 0.717) is 11.4 Å². The second-order valence-electron chi connectivity index (χ2n) is 4.38. The number of rotatable bonds is 3. The van der Waals surface area contributed by atoms with Crippen molar-refractivity contribution in [2.24, 2.45) is 0 Å². The van der Waals surface area contributed by atoms with Gasteiger partial charge in [0.15, 0.2) is 0 Å². The quantitative estimate of drug-likeness (QED) is 0.805. The Hall–Kier alpha value is -2.84. The van der Waals surface area contributed by atoms with Crippen LogP contribution in [-0.2, 0) is 6.18 Å². The molecule has 0 fully saturated rings. The zero-order chi connectivity index (χ0) is 15.7. The Kier molecular flexibility index (Phi) is 3.32. The van der Waals surface area contributed by atoms with E-state index in [-0.39, 0.29) is 5.82 Å². The number of hydrogen-bond acceptors (Lipinski definition) is 5. The van der Waals surface area contributed by atoms with Gasteiger partial charge in [0.25, 0.3) is 0 Å². The van der Waals surface area contributed by atoms with E-state index in [1.54, 1.807) is 48.4 Å². The van der Waals surface area contributed by atoms with Gasteiger partial charge in [0.2, 0.25) is 5.82 Å². The average molecular weight is 309 g/mol. The second-order valence-corrected chi connectivity index (χ2v) is 4.38. The summed E-state index contributed by atoms with van der Waals surface area (Å²) in [6.45, 7) is 0. The molecule has 0 aliphatic rings. The molecule has 22 heavy (non-hydrogen) atoms. The van der Waals surface area contributed by atoms with Gasteiger partial charge in [-0.25, -0.2) is 4.98 Å². The molecule has 0 saturated carbocycles. The van der Waals surface area contributed by atoms with Gasteiger partial charge in [0.1, 0.15) is 12.1 Å². The minimum absolute atomic E-state index is 0.111. The van der Waals surface area contributed by atoms with Gasteiger partial charge in [-0.3, -0.25) is 0 Å². The predicted molar refractivity (Wildman–Crippen MR) is 71.4 cm³/mol. The van der Waals surface area contributed by atoms with Crippen LogP contribution < -0.4 is 5.32 Å². The van der Waals surface area contributed by atoms with Crippen LogP contribution in [-0.4, -0.2) is 26.7 Å². The zero-order valence-electron chi connectivity index (χ0n) is 11.3. The Morgan fingerprint density at radius 3 is 2.45 bits per heavy atom. The van der Waals surface area contributed by atoms with Crippen molar-refractivity contribution in [3.63, 3.8) is 0 Å². The number of nitrogens with zero attached hydrogens (tertiary/aromatic N) is 4. The fraction of sp³-hybridized carbons (Fsp3) is 0.154. The smallest absolute Gasteiger partial charge is 0.372 e. The molecule has 0 bridgehead atoms. The number of imidazole rings is 1. The van der Waals surface area contributed by atoms with Gasteiger partial charge in [-0.15, -0.1) is 0 Å². The molecule has 1 aromatic carbocycles. The average Bonchev–Trinajstić information content (AvgIpc) is 3.16. The van der Waals surface area contributed by atoms with E-state index in [1.807, 2.05) is 0 Å². The van der Waals surface area contributed by atoms with Gasteiger partial charge < -0.3 is 14.4 Å². The first kappa shape index (κ1) is 14.1. The van der Waals surface area contributed by atoms with Gasteiger partial charge in [-0.2, -0.15) is 18.2 Å². The van der Waals surface area contributed by atoms with Crippen molar-refractivity contribution in [2.45, 2.75) is 6.18 Å². The van der Waals surface area contributed by atoms with E-state index in [1.165, 1.54) is 0 Å². The minimum Gasteiger partial charge on any atom is -0.372 e. The van der Waals surface area contributed by atoms with E-state index >= 15 is 0 Å². The number of halogens is 3. The molecule has 0 atom stereocenters. The summed E-state index contributed by atoms with van der Waals surface area (Å²) < 4.78 is 43.3. The topological polar surface area (TPSA) is 68.8 Å². The molecule has 2 aromatic heterocycles. The lowest BCUT2D eigenvalue weighted by Crippen LogP contribution is -2.04. The van der Waals surface area contributed by atoms with Gasteiger partial charge in [-0.05, 0) is 24.3 Å². The Labute approximate surface area is 122 Å². The predicted octanol–water partition coefficient (Wildman–Crippen LogP) is 2.98.